The van der Waals surface area contributed by atoms with E-state index in [1.807, 2.05) is 0 Å². The van der Waals surface area contributed by atoms with E-state index in [0.29, 0.717) is 6.04 Å². The molecule has 0 N–H and O–H groups in total. The van der Waals surface area contributed by atoms with E-state index in [1.165, 1.54) is 5.69 Å². The molecule has 1 unspecified atom stereocenters. The number of halogens is 1. The fraction of sp³-hybridized carbons (Fsp3) is 0.583. The van der Waals surface area contributed by atoms with Gasteiger partial charge in [-0.15, -0.1) is 11.3 Å². The minimum absolute atomic E-state index is 0.446. The van der Waals surface area contributed by atoms with Gasteiger partial charge in [0.2, 0.25) is 0 Å². The van der Waals surface area contributed by atoms with Gasteiger partial charge in [-0.3, -0.25) is 4.40 Å². The van der Waals surface area contributed by atoms with Crippen molar-refractivity contribution in [2.75, 3.05) is 24.7 Å². The third-order valence-corrected chi connectivity index (χ3v) is 4.73. The number of hydrogen-bond acceptors (Lipinski definition) is 4. The maximum Gasteiger partial charge on any atom is 0.195 e. The summed E-state index contributed by atoms with van der Waals surface area (Å²) in [6, 6.07) is 0.446. The predicted octanol–water partition coefficient (Wildman–Crippen LogP) is 2.91. The lowest BCUT2D eigenvalue weighted by Gasteiger charge is -2.35. The van der Waals surface area contributed by atoms with E-state index in [4.69, 9.17) is 9.72 Å². The van der Waals surface area contributed by atoms with E-state index in [2.05, 4.69) is 43.7 Å². The Kier molecular flexibility index (Phi) is 3.59. The van der Waals surface area contributed by atoms with Gasteiger partial charge in [0.15, 0.2) is 10.8 Å². The Morgan fingerprint density at radius 2 is 2.50 bits per heavy atom. The van der Waals surface area contributed by atoms with Crippen LogP contribution in [0.1, 0.15) is 19.0 Å². The van der Waals surface area contributed by atoms with Crippen molar-refractivity contribution in [3.63, 3.8) is 0 Å². The number of alkyl halides is 1. The molecule has 2 aromatic heterocycles. The summed E-state index contributed by atoms with van der Waals surface area (Å²) in [6.45, 7) is 4.74. The number of nitrogens with zero attached hydrogens (tertiary/aromatic N) is 3. The topological polar surface area (TPSA) is 29.8 Å². The number of aromatic nitrogens is 2. The fourth-order valence-electron chi connectivity index (χ4n) is 2.45. The second-order valence-corrected chi connectivity index (χ2v) is 5.84. The first-order valence-electron chi connectivity index (χ1n) is 6.20. The average Bonchev–Trinajstić information content (AvgIpc) is 2.98. The van der Waals surface area contributed by atoms with Gasteiger partial charge in [-0.2, -0.15) is 0 Å². The average molecular weight is 330 g/mol. The first-order valence-corrected chi connectivity index (χ1v) is 8.20. The van der Waals surface area contributed by atoms with Crippen molar-refractivity contribution in [1.82, 2.24) is 9.38 Å². The maximum absolute atomic E-state index is 5.57. The van der Waals surface area contributed by atoms with Gasteiger partial charge in [0, 0.05) is 23.5 Å². The van der Waals surface area contributed by atoms with Crippen molar-refractivity contribution >= 4 is 38.0 Å². The number of morpholine rings is 1. The number of rotatable bonds is 3. The van der Waals surface area contributed by atoms with E-state index in [9.17, 15) is 0 Å². The number of hydrogen-bond donors (Lipinski definition) is 0. The summed E-state index contributed by atoms with van der Waals surface area (Å²) >= 11 is 5.27. The van der Waals surface area contributed by atoms with Crippen LogP contribution >= 0.6 is 27.3 Å². The molecule has 4 nitrogen and oxygen atoms in total. The molecule has 1 fully saturated rings. The van der Waals surface area contributed by atoms with Crippen molar-refractivity contribution in [1.29, 1.82) is 0 Å². The highest BCUT2D eigenvalue weighted by molar-refractivity contribution is 9.08. The van der Waals surface area contributed by atoms with Gasteiger partial charge in [0.25, 0.3) is 0 Å². The van der Waals surface area contributed by atoms with Crippen molar-refractivity contribution in [2.24, 2.45) is 0 Å². The molecular formula is C12H16BrN3OS. The smallest absolute Gasteiger partial charge is 0.195 e. The quantitative estimate of drug-likeness (QED) is 0.811. The van der Waals surface area contributed by atoms with E-state index in [0.717, 1.165) is 42.3 Å². The molecule has 0 aliphatic carbocycles. The largest absolute Gasteiger partial charge is 0.377 e. The third-order valence-electron chi connectivity index (χ3n) is 3.44. The van der Waals surface area contributed by atoms with E-state index in [-0.39, 0.29) is 0 Å². The Balaban J connectivity index is 2.03. The molecule has 1 aliphatic rings. The van der Waals surface area contributed by atoms with Crippen LogP contribution in [0.4, 0.5) is 5.82 Å². The number of thiazole rings is 1. The second-order valence-electron chi connectivity index (χ2n) is 4.40. The molecule has 3 heterocycles. The first-order chi connectivity index (χ1) is 8.85. The van der Waals surface area contributed by atoms with Crippen LogP contribution in [0.5, 0.6) is 0 Å². The molecule has 1 saturated heterocycles. The molecule has 0 radical (unpaired) electrons. The normalized spacial score (nSPS) is 20.8. The van der Waals surface area contributed by atoms with Crippen molar-refractivity contribution in [3.05, 3.63) is 17.3 Å². The van der Waals surface area contributed by atoms with Gasteiger partial charge in [0.05, 0.1) is 24.9 Å². The monoisotopic (exact) mass is 329 g/mol. The van der Waals surface area contributed by atoms with Gasteiger partial charge in [0.1, 0.15) is 0 Å². The van der Waals surface area contributed by atoms with Crippen LogP contribution in [0.15, 0.2) is 11.6 Å². The van der Waals surface area contributed by atoms with E-state index >= 15 is 0 Å². The lowest BCUT2D eigenvalue weighted by Crippen LogP contribution is -2.45. The zero-order valence-electron chi connectivity index (χ0n) is 10.3. The van der Waals surface area contributed by atoms with Gasteiger partial charge >= 0.3 is 0 Å². The van der Waals surface area contributed by atoms with Crippen molar-refractivity contribution < 1.29 is 4.74 Å². The highest BCUT2D eigenvalue weighted by atomic mass is 79.9. The number of ether oxygens (including phenoxy) is 1. The zero-order valence-corrected chi connectivity index (χ0v) is 12.7. The minimum atomic E-state index is 0.446. The molecule has 6 heteroatoms. The first kappa shape index (κ1) is 12.4. The summed E-state index contributed by atoms with van der Waals surface area (Å²) in [7, 11) is 0. The molecular weight excluding hydrogens is 314 g/mol. The predicted molar refractivity (Wildman–Crippen MR) is 77.9 cm³/mol. The second kappa shape index (κ2) is 5.19. The van der Waals surface area contributed by atoms with E-state index < -0.39 is 0 Å². The van der Waals surface area contributed by atoms with Crippen LogP contribution in [0.2, 0.25) is 0 Å². The summed E-state index contributed by atoms with van der Waals surface area (Å²) in [4.78, 5) is 8.26. The number of imidazole rings is 1. The SMILES string of the molecule is CCC1COCCN1c1nc2sccn2c1CBr. The number of fused-ring (bicyclic) bond motifs is 1. The molecule has 0 amide bonds. The number of anilines is 1. The molecule has 0 bridgehead atoms. The minimum Gasteiger partial charge on any atom is -0.377 e. The molecule has 0 saturated carbocycles. The Morgan fingerprint density at radius 3 is 3.28 bits per heavy atom. The highest BCUT2D eigenvalue weighted by Gasteiger charge is 2.26. The van der Waals surface area contributed by atoms with Gasteiger partial charge in [-0.1, -0.05) is 22.9 Å². The van der Waals surface area contributed by atoms with Crippen molar-refractivity contribution in [2.45, 2.75) is 24.7 Å². The van der Waals surface area contributed by atoms with Crippen LogP contribution in [-0.4, -0.2) is 35.2 Å². The van der Waals surface area contributed by atoms with Crippen LogP contribution in [0, 0.1) is 0 Å². The summed E-state index contributed by atoms with van der Waals surface area (Å²) in [5, 5.41) is 2.91. The van der Waals surface area contributed by atoms with Gasteiger partial charge < -0.3 is 9.64 Å². The lowest BCUT2D eigenvalue weighted by atomic mass is 10.1. The Labute approximate surface area is 119 Å². The summed E-state index contributed by atoms with van der Waals surface area (Å²) in [6.07, 6.45) is 3.18. The Morgan fingerprint density at radius 1 is 1.61 bits per heavy atom. The molecule has 2 aromatic rings. The fourth-order valence-corrected chi connectivity index (χ4v) is 3.70. The Hall–Kier alpha value is -0.590. The van der Waals surface area contributed by atoms with Crippen LogP contribution in [0.3, 0.4) is 0 Å². The molecule has 1 aliphatic heterocycles. The van der Waals surface area contributed by atoms with Crippen LogP contribution in [-0.2, 0) is 10.1 Å². The lowest BCUT2D eigenvalue weighted by molar-refractivity contribution is 0.0925. The third kappa shape index (κ3) is 1.96. The zero-order chi connectivity index (χ0) is 12.5. The summed E-state index contributed by atoms with van der Waals surface area (Å²) in [5.41, 5.74) is 1.24. The standard InChI is InChI=1S/C12H16BrN3OS/c1-2-9-8-17-5-3-15(9)11-10(7-13)16-4-6-18-12(16)14-11/h4,6,9H,2-3,5,7-8H2,1H3. The molecule has 0 spiro atoms. The molecule has 3 rings (SSSR count). The summed E-state index contributed by atoms with van der Waals surface area (Å²) in [5.74, 6) is 1.12. The Bertz CT molecular complexity index is 538. The highest BCUT2D eigenvalue weighted by Crippen LogP contribution is 2.29. The summed E-state index contributed by atoms with van der Waals surface area (Å²) < 4.78 is 7.75. The maximum atomic E-state index is 5.57. The van der Waals surface area contributed by atoms with Crippen LogP contribution < -0.4 is 4.90 Å². The van der Waals surface area contributed by atoms with Crippen LogP contribution in [0.25, 0.3) is 4.96 Å². The molecule has 98 valence electrons. The van der Waals surface area contributed by atoms with Gasteiger partial charge in [-0.25, -0.2) is 4.98 Å². The molecule has 18 heavy (non-hydrogen) atoms. The molecule has 1 atom stereocenters. The van der Waals surface area contributed by atoms with Crippen molar-refractivity contribution in [3.8, 4) is 0 Å². The molecule has 0 aromatic carbocycles. The van der Waals surface area contributed by atoms with E-state index in [1.54, 1.807) is 11.3 Å². The van der Waals surface area contributed by atoms with Gasteiger partial charge in [-0.05, 0) is 6.42 Å².